The van der Waals surface area contributed by atoms with Crippen LogP contribution in [0.15, 0.2) is 18.2 Å². The molecule has 0 heterocycles. The fourth-order valence-corrected chi connectivity index (χ4v) is 1.56. The molecule has 0 aliphatic heterocycles. The first-order chi connectivity index (χ1) is 8.69. The van der Waals surface area contributed by atoms with Crippen LogP contribution in [0.25, 0.3) is 0 Å². The zero-order valence-electron chi connectivity index (χ0n) is 10.5. The predicted molar refractivity (Wildman–Crippen MR) is 75.5 cm³/mol. The van der Waals surface area contributed by atoms with Gasteiger partial charge >= 0.3 is 0 Å². The third kappa shape index (κ3) is 4.77. The minimum atomic E-state index is 0.141. The van der Waals surface area contributed by atoms with Crippen LogP contribution in [0.5, 0.6) is 11.5 Å². The van der Waals surface area contributed by atoms with Crippen LogP contribution >= 0.6 is 12.2 Å². The molecule has 100 valence electrons. The van der Waals surface area contributed by atoms with Crippen molar-refractivity contribution in [3.05, 3.63) is 18.2 Å². The van der Waals surface area contributed by atoms with E-state index in [1.807, 2.05) is 12.1 Å². The van der Waals surface area contributed by atoms with Crippen LogP contribution in [0.1, 0.15) is 6.42 Å². The number of anilines is 1. The van der Waals surface area contributed by atoms with Crippen LogP contribution in [0.4, 0.5) is 5.69 Å². The molecule has 0 aliphatic carbocycles. The van der Waals surface area contributed by atoms with Crippen molar-refractivity contribution in [3.8, 4) is 11.5 Å². The zero-order chi connectivity index (χ0) is 13.4. The topological polar surface area (TPSA) is 62.8 Å². The number of benzene rings is 1. The molecule has 1 rings (SSSR count). The summed E-state index contributed by atoms with van der Waals surface area (Å²) in [5.41, 5.74) is 0.785. The Morgan fingerprint density at radius 3 is 2.33 bits per heavy atom. The van der Waals surface area contributed by atoms with Gasteiger partial charge in [0.15, 0.2) is 5.11 Å². The average Bonchev–Trinajstić information content (AvgIpc) is 2.38. The van der Waals surface area contributed by atoms with Crippen LogP contribution in [0, 0.1) is 0 Å². The van der Waals surface area contributed by atoms with Gasteiger partial charge in [0.05, 0.1) is 14.2 Å². The Labute approximate surface area is 112 Å². The molecule has 6 heteroatoms. The molecular weight excluding hydrogens is 252 g/mol. The number of methoxy groups -OCH3 is 2. The molecule has 0 unspecified atom stereocenters. The summed E-state index contributed by atoms with van der Waals surface area (Å²) in [4.78, 5) is 0. The molecule has 3 N–H and O–H groups in total. The summed E-state index contributed by atoms with van der Waals surface area (Å²) in [6, 6.07) is 5.43. The lowest BCUT2D eigenvalue weighted by Crippen LogP contribution is -2.29. The maximum atomic E-state index is 8.67. The maximum absolute atomic E-state index is 8.67. The molecular formula is C12H18N2O3S. The van der Waals surface area contributed by atoms with Crippen molar-refractivity contribution in [2.45, 2.75) is 6.42 Å². The summed E-state index contributed by atoms with van der Waals surface area (Å²) in [6.45, 7) is 0.770. The van der Waals surface area contributed by atoms with Gasteiger partial charge in [0.1, 0.15) is 11.5 Å². The van der Waals surface area contributed by atoms with E-state index in [0.717, 1.165) is 5.69 Å². The molecule has 0 saturated carbocycles. The first-order valence-corrected chi connectivity index (χ1v) is 5.99. The van der Waals surface area contributed by atoms with Crippen LogP contribution in [-0.4, -0.2) is 37.6 Å². The van der Waals surface area contributed by atoms with E-state index in [9.17, 15) is 0 Å². The van der Waals surface area contributed by atoms with Gasteiger partial charge in [0.25, 0.3) is 0 Å². The van der Waals surface area contributed by atoms with E-state index >= 15 is 0 Å². The van der Waals surface area contributed by atoms with Crippen molar-refractivity contribution in [3.63, 3.8) is 0 Å². The molecule has 0 fully saturated rings. The van der Waals surface area contributed by atoms with Gasteiger partial charge < -0.3 is 25.2 Å². The Bertz CT molecular complexity index is 377. The highest BCUT2D eigenvalue weighted by molar-refractivity contribution is 7.80. The van der Waals surface area contributed by atoms with Crippen LogP contribution < -0.4 is 20.1 Å². The third-order valence-corrected chi connectivity index (χ3v) is 2.48. The standard InChI is InChI=1S/C12H18N2O3S/c1-16-10-6-9(7-11(8-10)17-2)14-12(18)13-4-3-5-15/h6-8,15H,3-5H2,1-2H3,(H2,13,14,18). The Morgan fingerprint density at radius 2 is 1.83 bits per heavy atom. The van der Waals surface area contributed by atoms with Gasteiger partial charge in [0, 0.05) is 37.0 Å². The van der Waals surface area contributed by atoms with Crippen molar-refractivity contribution < 1.29 is 14.6 Å². The van der Waals surface area contributed by atoms with E-state index in [1.165, 1.54) is 0 Å². The number of hydrogen-bond donors (Lipinski definition) is 3. The molecule has 0 aromatic heterocycles. The first-order valence-electron chi connectivity index (χ1n) is 5.58. The van der Waals surface area contributed by atoms with E-state index in [-0.39, 0.29) is 6.61 Å². The number of rotatable bonds is 6. The average molecular weight is 270 g/mol. The van der Waals surface area contributed by atoms with E-state index in [1.54, 1.807) is 20.3 Å². The van der Waals surface area contributed by atoms with Crippen LogP contribution in [-0.2, 0) is 0 Å². The van der Waals surface area contributed by atoms with Gasteiger partial charge in [-0.15, -0.1) is 0 Å². The fourth-order valence-electron chi connectivity index (χ4n) is 1.34. The van der Waals surface area contributed by atoms with Gasteiger partial charge in [-0.2, -0.15) is 0 Å². The number of aliphatic hydroxyl groups excluding tert-OH is 1. The molecule has 0 spiro atoms. The number of nitrogens with one attached hydrogen (secondary N) is 2. The second-order valence-corrected chi connectivity index (χ2v) is 3.97. The molecule has 0 aliphatic rings. The highest BCUT2D eigenvalue weighted by Crippen LogP contribution is 2.25. The van der Waals surface area contributed by atoms with Gasteiger partial charge in [-0.05, 0) is 18.6 Å². The van der Waals surface area contributed by atoms with Crippen molar-refractivity contribution in [1.82, 2.24) is 5.32 Å². The summed E-state index contributed by atoms with van der Waals surface area (Å²) in [5.74, 6) is 1.38. The highest BCUT2D eigenvalue weighted by atomic mass is 32.1. The van der Waals surface area contributed by atoms with Crippen molar-refractivity contribution in [2.24, 2.45) is 0 Å². The Morgan fingerprint density at radius 1 is 1.22 bits per heavy atom. The molecule has 0 atom stereocenters. The van der Waals surface area contributed by atoms with Gasteiger partial charge in [-0.25, -0.2) is 0 Å². The van der Waals surface area contributed by atoms with E-state index in [2.05, 4.69) is 10.6 Å². The summed E-state index contributed by atoms with van der Waals surface area (Å²) >= 11 is 5.12. The summed E-state index contributed by atoms with van der Waals surface area (Å²) in [7, 11) is 3.19. The zero-order valence-corrected chi connectivity index (χ0v) is 11.3. The quantitative estimate of drug-likeness (QED) is 0.536. The Balaban J connectivity index is 2.62. The molecule has 0 saturated heterocycles. The molecule has 0 bridgehead atoms. The first kappa shape index (κ1) is 14.5. The lowest BCUT2D eigenvalue weighted by Gasteiger charge is -2.12. The molecule has 1 aromatic rings. The van der Waals surface area contributed by atoms with Crippen molar-refractivity contribution in [2.75, 3.05) is 32.7 Å². The number of thiocarbonyl (C=S) groups is 1. The highest BCUT2D eigenvalue weighted by Gasteiger charge is 2.03. The summed E-state index contributed by atoms with van der Waals surface area (Å²) in [5, 5.41) is 15.2. The summed E-state index contributed by atoms with van der Waals surface area (Å²) < 4.78 is 10.3. The van der Waals surface area contributed by atoms with E-state index < -0.39 is 0 Å². The smallest absolute Gasteiger partial charge is 0.170 e. The molecule has 5 nitrogen and oxygen atoms in total. The molecule has 0 radical (unpaired) electrons. The van der Waals surface area contributed by atoms with Crippen LogP contribution in [0.2, 0.25) is 0 Å². The monoisotopic (exact) mass is 270 g/mol. The molecule has 18 heavy (non-hydrogen) atoms. The SMILES string of the molecule is COc1cc(NC(=S)NCCCO)cc(OC)c1. The van der Waals surface area contributed by atoms with E-state index in [0.29, 0.717) is 29.6 Å². The molecule has 0 amide bonds. The number of ether oxygens (including phenoxy) is 2. The minimum Gasteiger partial charge on any atom is -0.497 e. The fraction of sp³-hybridized carbons (Fsp3) is 0.417. The van der Waals surface area contributed by atoms with Gasteiger partial charge in [0.2, 0.25) is 0 Å². The number of aliphatic hydroxyl groups is 1. The minimum absolute atomic E-state index is 0.141. The predicted octanol–water partition coefficient (Wildman–Crippen LogP) is 1.37. The Kier molecular flexibility index (Phi) is 6.24. The Hall–Kier alpha value is -1.53. The molecule has 1 aromatic carbocycles. The number of hydrogen-bond acceptors (Lipinski definition) is 4. The second-order valence-electron chi connectivity index (χ2n) is 3.56. The second kappa shape index (κ2) is 7.73. The van der Waals surface area contributed by atoms with Crippen LogP contribution in [0.3, 0.4) is 0 Å². The third-order valence-electron chi connectivity index (χ3n) is 2.23. The lowest BCUT2D eigenvalue weighted by molar-refractivity contribution is 0.289. The summed E-state index contributed by atoms with van der Waals surface area (Å²) in [6.07, 6.45) is 0.656. The van der Waals surface area contributed by atoms with E-state index in [4.69, 9.17) is 26.8 Å². The maximum Gasteiger partial charge on any atom is 0.170 e. The lowest BCUT2D eigenvalue weighted by atomic mass is 10.3. The van der Waals surface area contributed by atoms with Crippen molar-refractivity contribution >= 4 is 23.0 Å². The van der Waals surface area contributed by atoms with Crippen molar-refractivity contribution in [1.29, 1.82) is 0 Å². The largest absolute Gasteiger partial charge is 0.497 e. The normalized spacial score (nSPS) is 9.72. The van der Waals surface area contributed by atoms with Gasteiger partial charge in [-0.3, -0.25) is 0 Å². The van der Waals surface area contributed by atoms with Gasteiger partial charge in [-0.1, -0.05) is 0 Å².